The van der Waals surface area contributed by atoms with Crippen molar-refractivity contribution in [2.45, 2.75) is 13.3 Å². The third kappa shape index (κ3) is 3.69. The predicted octanol–water partition coefficient (Wildman–Crippen LogP) is 3.30. The van der Waals surface area contributed by atoms with Crippen LogP contribution in [0.5, 0.6) is 0 Å². The summed E-state index contributed by atoms with van der Waals surface area (Å²) in [6, 6.07) is 7.99. The van der Waals surface area contributed by atoms with E-state index in [1.807, 2.05) is 0 Å². The lowest BCUT2D eigenvalue weighted by Gasteiger charge is -2.18. The van der Waals surface area contributed by atoms with E-state index >= 15 is 0 Å². The van der Waals surface area contributed by atoms with Gasteiger partial charge in [0.1, 0.15) is 0 Å². The fraction of sp³-hybridized carbons (Fsp3) is 0.211. The van der Waals surface area contributed by atoms with Gasteiger partial charge in [-0.3, -0.25) is 14.4 Å². The highest BCUT2D eigenvalue weighted by Gasteiger charge is 2.37. The summed E-state index contributed by atoms with van der Waals surface area (Å²) in [6.07, 6.45) is -0.198. The number of Topliss-reactive ketones (excluding diaryl/α,β-unsaturated/α-hetero) is 1. The van der Waals surface area contributed by atoms with Gasteiger partial charge in [-0.05, 0) is 31.2 Å². The number of halogens is 3. The van der Waals surface area contributed by atoms with Gasteiger partial charge in [0.15, 0.2) is 23.2 Å². The van der Waals surface area contributed by atoms with Crippen molar-refractivity contribution in [2.75, 3.05) is 16.8 Å². The second-order valence-corrected chi connectivity index (χ2v) is 6.23. The van der Waals surface area contributed by atoms with Crippen molar-refractivity contribution >= 4 is 29.0 Å². The summed E-state index contributed by atoms with van der Waals surface area (Å²) >= 11 is 0. The molecule has 0 spiro atoms. The molecule has 1 saturated heterocycles. The van der Waals surface area contributed by atoms with Crippen LogP contribution in [0.25, 0.3) is 0 Å². The fourth-order valence-electron chi connectivity index (χ4n) is 2.90. The lowest BCUT2D eigenvalue weighted by atomic mass is 10.1. The largest absolute Gasteiger partial charge is 0.326 e. The molecule has 1 aliphatic heterocycles. The summed E-state index contributed by atoms with van der Waals surface area (Å²) in [5.41, 5.74) is 0.395. The average Bonchev–Trinajstić information content (AvgIpc) is 3.02. The van der Waals surface area contributed by atoms with Crippen molar-refractivity contribution in [3.63, 3.8) is 0 Å². The van der Waals surface area contributed by atoms with Crippen LogP contribution < -0.4 is 10.2 Å². The molecular weight excluding hydrogens is 361 g/mol. The van der Waals surface area contributed by atoms with Crippen LogP contribution in [0.3, 0.4) is 0 Å². The zero-order valence-corrected chi connectivity index (χ0v) is 14.3. The Labute approximate surface area is 152 Å². The lowest BCUT2D eigenvalue weighted by Crippen LogP contribution is -2.29. The molecule has 27 heavy (non-hydrogen) atoms. The maximum Gasteiger partial charge on any atom is 0.229 e. The Morgan fingerprint density at radius 1 is 1.11 bits per heavy atom. The van der Waals surface area contributed by atoms with Crippen molar-refractivity contribution in [1.29, 1.82) is 0 Å². The van der Waals surface area contributed by atoms with Crippen molar-refractivity contribution in [2.24, 2.45) is 5.92 Å². The van der Waals surface area contributed by atoms with Crippen molar-refractivity contribution in [3.8, 4) is 0 Å². The van der Waals surface area contributed by atoms with E-state index < -0.39 is 40.9 Å². The summed E-state index contributed by atoms with van der Waals surface area (Å²) in [4.78, 5) is 36.9. The van der Waals surface area contributed by atoms with E-state index in [1.165, 1.54) is 13.0 Å². The molecule has 1 unspecified atom stereocenters. The number of hydrogen-bond donors (Lipinski definition) is 1. The Morgan fingerprint density at radius 3 is 2.56 bits per heavy atom. The molecule has 1 fully saturated rings. The topological polar surface area (TPSA) is 66.5 Å². The number of carbonyl (C=O) groups excluding carboxylic acids is 3. The number of ketones is 1. The second kappa shape index (κ2) is 7.22. The molecule has 1 N–H and O–H groups in total. The van der Waals surface area contributed by atoms with E-state index in [9.17, 15) is 27.6 Å². The first-order chi connectivity index (χ1) is 12.8. The number of hydrogen-bond acceptors (Lipinski definition) is 3. The summed E-state index contributed by atoms with van der Waals surface area (Å²) in [6.45, 7) is 1.23. The number of amides is 2. The smallest absolute Gasteiger partial charge is 0.229 e. The van der Waals surface area contributed by atoms with Crippen molar-refractivity contribution in [1.82, 2.24) is 0 Å². The monoisotopic (exact) mass is 376 g/mol. The summed E-state index contributed by atoms with van der Waals surface area (Å²) in [5, 5.41) is 2.61. The minimum absolute atomic E-state index is 0.165. The minimum Gasteiger partial charge on any atom is -0.326 e. The molecule has 8 heteroatoms. The Hall–Kier alpha value is -3.16. The first-order valence-corrected chi connectivity index (χ1v) is 8.13. The molecule has 0 aromatic heterocycles. The highest BCUT2D eigenvalue weighted by molar-refractivity contribution is 6.04. The lowest BCUT2D eigenvalue weighted by molar-refractivity contribution is -0.122. The van der Waals surface area contributed by atoms with Gasteiger partial charge in [0.25, 0.3) is 0 Å². The Morgan fingerprint density at radius 2 is 1.85 bits per heavy atom. The highest BCUT2D eigenvalue weighted by atomic mass is 19.2. The van der Waals surface area contributed by atoms with Crippen LogP contribution in [0, 0.1) is 23.4 Å². The third-order valence-corrected chi connectivity index (χ3v) is 4.34. The van der Waals surface area contributed by atoms with Gasteiger partial charge in [-0.25, -0.2) is 13.2 Å². The van der Waals surface area contributed by atoms with E-state index in [1.54, 1.807) is 18.2 Å². The standard InChI is InChI=1S/C19H15F3N2O3/c1-10(25)11-3-2-4-13(7-11)23-19(27)12-8-16(26)24(9-12)15-6-5-14(20)17(21)18(15)22/h2-7,12H,8-9H2,1H3,(H,23,27). The van der Waals surface area contributed by atoms with E-state index in [-0.39, 0.29) is 18.7 Å². The third-order valence-electron chi connectivity index (χ3n) is 4.34. The van der Waals surface area contributed by atoms with Crippen LogP contribution in [0.1, 0.15) is 23.7 Å². The number of anilines is 2. The molecule has 2 aromatic carbocycles. The molecule has 5 nitrogen and oxygen atoms in total. The Bertz CT molecular complexity index is 946. The van der Waals surface area contributed by atoms with Gasteiger partial charge in [-0.1, -0.05) is 12.1 Å². The quantitative estimate of drug-likeness (QED) is 0.658. The normalized spacial score (nSPS) is 16.5. The van der Waals surface area contributed by atoms with Gasteiger partial charge in [0, 0.05) is 24.2 Å². The maximum absolute atomic E-state index is 13.9. The molecule has 1 aliphatic rings. The second-order valence-electron chi connectivity index (χ2n) is 6.23. The number of nitrogens with zero attached hydrogens (tertiary/aromatic N) is 1. The molecule has 0 bridgehead atoms. The van der Waals surface area contributed by atoms with E-state index in [0.717, 1.165) is 17.0 Å². The fourth-order valence-corrected chi connectivity index (χ4v) is 2.90. The van der Waals surface area contributed by atoms with Crippen LogP contribution in [0.2, 0.25) is 0 Å². The molecule has 1 atom stereocenters. The van der Waals surface area contributed by atoms with Crippen LogP contribution in [0.15, 0.2) is 36.4 Å². The molecular formula is C19H15F3N2O3. The number of rotatable bonds is 4. The van der Waals surface area contributed by atoms with E-state index in [0.29, 0.717) is 11.3 Å². The zero-order valence-electron chi connectivity index (χ0n) is 14.3. The van der Waals surface area contributed by atoms with Gasteiger partial charge >= 0.3 is 0 Å². The van der Waals surface area contributed by atoms with Crippen LogP contribution in [-0.4, -0.2) is 24.1 Å². The van der Waals surface area contributed by atoms with Gasteiger partial charge in [0.2, 0.25) is 11.8 Å². The van der Waals surface area contributed by atoms with Gasteiger partial charge in [0.05, 0.1) is 11.6 Å². The first kappa shape index (κ1) is 18.6. The molecule has 3 rings (SSSR count). The Balaban J connectivity index is 1.75. The predicted molar refractivity (Wildman–Crippen MR) is 91.9 cm³/mol. The zero-order chi connectivity index (χ0) is 19.7. The maximum atomic E-state index is 13.9. The molecule has 2 aromatic rings. The number of carbonyl (C=O) groups is 3. The van der Waals surface area contributed by atoms with Crippen LogP contribution >= 0.6 is 0 Å². The first-order valence-electron chi connectivity index (χ1n) is 8.13. The molecule has 0 radical (unpaired) electrons. The molecule has 0 saturated carbocycles. The van der Waals surface area contributed by atoms with Gasteiger partial charge in [-0.2, -0.15) is 0 Å². The Kier molecular flexibility index (Phi) is 4.98. The van der Waals surface area contributed by atoms with E-state index in [4.69, 9.17) is 0 Å². The highest BCUT2D eigenvalue weighted by Crippen LogP contribution is 2.30. The van der Waals surface area contributed by atoms with Gasteiger partial charge in [-0.15, -0.1) is 0 Å². The summed E-state index contributed by atoms with van der Waals surface area (Å²) < 4.78 is 40.4. The summed E-state index contributed by atoms with van der Waals surface area (Å²) in [5.74, 6) is -6.53. The van der Waals surface area contributed by atoms with Crippen molar-refractivity contribution < 1.29 is 27.6 Å². The average molecular weight is 376 g/mol. The summed E-state index contributed by atoms with van der Waals surface area (Å²) in [7, 11) is 0. The molecule has 140 valence electrons. The number of benzene rings is 2. The van der Waals surface area contributed by atoms with Crippen LogP contribution in [0.4, 0.5) is 24.5 Å². The SMILES string of the molecule is CC(=O)c1cccc(NC(=O)C2CC(=O)N(c3ccc(F)c(F)c3F)C2)c1. The number of nitrogens with one attached hydrogen (secondary N) is 1. The molecule has 0 aliphatic carbocycles. The van der Waals surface area contributed by atoms with E-state index in [2.05, 4.69) is 5.32 Å². The van der Waals surface area contributed by atoms with Crippen LogP contribution in [-0.2, 0) is 9.59 Å². The van der Waals surface area contributed by atoms with Crippen molar-refractivity contribution in [3.05, 3.63) is 59.4 Å². The minimum atomic E-state index is -1.67. The van der Waals surface area contributed by atoms with Gasteiger partial charge < -0.3 is 10.2 Å². The molecule has 2 amide bonds. The molecule has 1 heterocycles.